The van der Waals surface area contributed by atoms with Gasteiger partial charge in [-0.1, -0.05) is 109 Å². The summed E-state index contributed by atoms with van der Waals surface area (Å²) in [6.07, 6.45) is 28.3. The molecule has 2 aromatic rings. The smallest absolute Gasteiger partial charge is 0.316 e. The van der Waals surface area contributed by atoms with Crippen LogP contribution in [-0.4, -0.2) is 54.0 Å². The highest BCUT2D eigenvalue weighted by Crippen LogP contribution is 2.14. The van der Waals surface area contributed by atoms with Gasteiger partial charge in [-0.25, -0.2) is 15.0 Å². The number of nitrogens with one attached hydrogen (secondary N) is 1. The summed E-state index contributed by atoms with van der Waals surface area (Å²) in [6.45, 7) is 5.10. The number of H-pyrrole nitrogens is 1. The van der Waals surface area contributed by atoms with Crippen LogP contribution in [0.15, 0.2) is 42.9 Å². The van der Waals surface area contributed by atoms with E-state index in [4.69, 9.17) is 14.2 Å². The second-order valence-electron chi connectivity index (χ2n) is 11.0. The number of aromatic amines is 1. The lowest BCUT2D eigenvalue weighted by atomic mass is 10.0. The summed E-state index contributed by atoms with van der Waals surface area (Å²) in [6, 6.07) is 8.34. The molecule has 1 atom stereocenters. The van der Waals surface area contributed by atoms with Crippen molar-refractivity contribution in [2.45, 2.75) is 122 Å². The molecule has 1 N–H and O–H groups in total. The van der Waals surface area contributed by atoms with Gasteiger partial charge in [0, 0.05) is 42.6 Å². The molecule has 0 bridgehead atoms. The molecule has 0 aliphatic carbocycles. The molecule has 8 heteroatoms. The molecule has 0 amide bonds. The zero-order chi connectivity index (χ0) is 28.9. The topological polar surface area (TPSA) is 67.6 Å². The van der Waals surface area contributed by atoms with Crippen molar-refractivity contribution in [2.24, 2.45) is 0 Å². The Bertz CT molecular complexity index is 807. The SMILES string of the molecule is CCCCCCCCCCCCCCCCCCOCC(CSCCOCCc1cccc[nH+]1)Oc1ncccn1.[Cl-]. The van der Waals surface area contributed by atoms with Crippen LogP contribution in [0.1, 0.15) is 115 Å². The Labute approximate surface area is 267 Å². The summed E-state index contributed by atoms with van der Waals surface area (Å²) in [5, 5.41) is 0. The largest absolute Gasteiger partial charge is 1.00 e. The Kier molecular flexibility index (Phi) is 27.3. The van der Waals surface area contributed by atoms with E-state index in [-0.39, 0.29) is 18.5 Å². The summed E-state index contributed by atoms with van der Waals surface area (Å²) < 4.78 is 17.8. The van der Waals surface area contributed by atoms with Gasteiger partial charge in [-0.3, -0.25) is 0 Å². The summed E-state index contributed by atoms with van der Waals surface area (Å²) >= 11 is 1.82. The predicted octanol–water partition coefficient (Wildman–Crippen LogP) is 5.31. The third-order valence-corrected chi connectivity index (χ3v) is 8.29. The Balaban J connectivity index is 0.00000882. The van der Waals surface area contributed by atoms with E-state index in [0.29, 0.717) is 12.6 Å². The van der Waals surface area contributed by atoms with Gasteiger partial charge in [0.1, 0.15) is 6.10 Å². The number of aromatic nitrogens is 3. The second kappa shape index (κ2) is 29.7. The highest BCUT2D eigenvalue weighted by Gasteiger charge is 2.13. The molecule has 0 aliphatic rings. The number of rotatable bonds is 29. The van der Waals surface area contributed by atoms with E-state index in [0.717, 1.165) is 44.2 Å². The van der Waals surface area contributed by atoms with Gasteiger partial charge in [-0.05, 0) is 12.5 Å². The number of ether oxygens (including phenoxy) is 3. The molecule has 240 valence electrons. The minimum absolute atomic E-state index is 0. The number of pyridine rings is 1. The molecule has 0 aromatic carbocycles. The van der Waals surface area contributed by atoms with Crippen LogP contribution in [0.4, 0.5) is 0 Å². The average Bonchev–Trinajstić information content (AvgIpc) is 3.01. The summed E-state index contributed by atoms with van der Waals surface area (Å²) in [4.78, 5) is 11.7. The van der Waals surface area contributed by atoms with E-state index in [9.17, 15) is 0 Å². The molecule has 2 aromatic heterocycles. The van der Waals surface area contributed by atoms with Gasteiger partial charge in [-0.15, -0.1) is 0 Å². The molecule has 42 heavy (non-hydrogen) atoms. The average molecular weight is 624 g/mol. The first-order chi connectivity index (χ1) is 20.4. The Morgan fingerprint density at radius 2 is 1.33 bits per heavy atom. The molecule has 2 heterocycles. The van der Waals surface area contributed by atoms with Crippen molar-refractivity contribution < 1.29 is 31.6 Å². The van der Waals surface area contributed by atoms with Gasteiger partial charge in [0.25, 0.3) is 0 Å². The molecule has 0 saturated heterocycles. The van der Waals surface area contributed by atoms with Crippen LogP contribution in [0.2, 0.25) is 0 Å². The predicted molar refractivity (Wildman–Crippen MR) is 172 cm³/mol. The van der Waals surface area contributed by atoms with Gasteiger partial charge in [0.15, 0.2) is 11.9 Å². The van der Waals surface area contributed by atoms with Crippen molar-refractivity contribution in [1.82, 2.24) is 9.97 Å². The lowest BCUT2D eigenvalue weighted by Crippen LogP contribution is -3.00. The van der Waals surface area contributed by atoms with E-state index in [1.807, 2.05) is 30.1 Å². The van der Waals surface area contributed by atoms with Crippen LogP contribution in [0.3, 0.4) is 0 Å². The van der Waals surface area contributed by atoms with Crippen LogP contribution in [0.5, 0.6) is 6.01 Å². The van der Waals surface area contributed by atoms with Crippen molar-refractivity contribution in [3.63, 3.8) is 0 Å². The van der Waals surface area contributed by atoms with Crippen molar-refractivity contribution in [3.05, 3.63) is 48.5 Å². The quantitative estimate of drug-likeness (QED) is 0.114. The lowest BCUT2D eigenvalue weighted by Gasteiger charge is -2.17. The van der Waals surface area contributed by atoms with E-state index < -0.39 is 0 Å². The fourth-order valence-electron chi connectivity index (χ4n) is 4.78. The molecule has 0 fully saturated rings. The number of unbranched alkanes of at least 4 members (excludes halogenated alkanes) is 15. The number of nitrogens with zero attached hydrogens (tertiary/aromatic N) is 2. The minimum Gasteiger partial charge on any atom is -1.00 e. The monoisotopic (exact) mass is 623 g/mol. The van der Waals surface area contributed by atoms with Crippen molar-refractivity contribution in [3.8, 4) is 6.01 Å². The van der Waals surface area contributed by atoms with Crippen LogP contribution in [0, 0.1) is 0 Å². The van der Waals surface area contributed by atoms with Crippen LogP contribution in [0.25, 0.3) is 0 Å². The van der Waals surface area contributed by atoms with E-state index in [2.05, 4.69) is 27.9 Å². The summed E-state index contributed by atoms with van der Waals surface area (Å²) in [5.41, 5.74) is 1.19. The maximum Gasteiger partial charge on any atom is 0.316 e. The fraction of sp³-hybridized carbons (Fsp3) is 0.735. The van der Waals surface area contributed by atoms with Crippen LogP contribution < -0.4 is 22.1 Å². The molecule has 2 rings (SSSR count). The van der Waals surface area contributed by atoms with E-state index in [1.165, 1.54) is 102 Å². The first kappa shape index (κ1) is 38.6. The molecule has 1 unspecified atom stereocenters. The van der Waals surface area contributed by atoms with Crippen LogP contribution in [-0.2, 0) is 15.9 Å². The molecule has 0 spiro atoms. The third-order valence-electron chi connectivity index (χ3n) is 7.23. The van der Waals surface area contributed by atoms with Gasteiger partial charge < -0.3 is 26.6 Å². The molecule has 0 radical (unpaired) electrons. The molecule has 0 aliphatic heterocycles. The normalized spacial score (nSPS) is 11.7. The maximum absolute atomic E-state index is 6.02. The second-order valence-corrected chi connectivity index (χ2v) is 12.1. The summed E-state index contributed by atoms with van der Waals surface area (Å²) in [5.74, 6) is 1.75. The number of halogens is 1. The van der Waals surface area contributed by atoms with E-state index in [1.54, 1.807) is 18.5 Å². The van der Waals surface area contributed by atoms with Crippen molar-refractivity contribution >= 4 is 11.8 Å². The summed E-state index contributed by atoms with van der Waals surface area (Å²) in [7, 11) is 0. The zero-order valence-electron chi connectivity index (χ0n) is 26.3. The maximum atomic E-state index is 6.02. The number of thioether (sulfide) groups is 1. The van der Waals surface area contributed by atoms with Gasteiger partial charge in [0.05, 0.1) is 26.2 Å². The molecule has 6 nitrogen and oxygen atoms in total. The van der Waals surface area contributed by atoms with Gasteiger partial charge in [-0.2, -0.15) is 11.8 Å². The fourth-order valence-corrected chi connectivity index (χ4v) is 5.61. The number of hydrogen-bond acceptors (Lipinski definition) is 6. The first-order valence-electron chi connectivity index (χ1n) is 16.5. The minimum atomic E-state index is -0.0672. The van der Waals surface area contributed by atoms with Crippen molar-refractivity contribution in [1.29, 1.82) is 0 Å². The third kappa shape index (κ3) is 23.1. The molecular formula is C34H58ClN3O3S. The lowest BCUT2D eigenvalue weighted by molar-refractivity contribution is -0.390. The van der Waals surface area contributed by atoms with Crippen molar-refractivity contribution in [2.75, 3.05) is 37.9 Å². The first-order valence-corrected chi connectivity index (χ1v) is 17.7. The van der Waals surface area contributed by atoms with E-state index >= 15 is 0 Å². The Hall–Kier alpha value is -1.41. The number of hydrogen-bond donors (Lipinski definition) is 0. The van der Waals surface area contributed by atoms with Gasteiger partial charge in [0.2, 0.25) is 0 Å². The Morgan fingerprint density at radius 3 is 1.93 bits per heavy atom. The standard InChI is InChI=1S/C34H57N3O3S.ClH/c1-2-3-4-5-6-7-8-9-10-11-12-13-14-15-16-19-26-39-30-33(40-34-36-24-20-25-37-34)31-41-29-28-38-27-22-32-21-17-18-23-35-32;/h17-18,20-21,23-25,33H,2-16,19,22,26-31H2,1H3;1H. The molecular weight excluding hydrogens is 566 g/mol. The van der Waals surface area contributed by atoms with Gasteiger partial charge >= 0.3 is 6.01 Å². The van der Waals surface area contributed by atoms with Crippen LogP contribution >= 0.6 is 11.8 Å². The zero-order valence-corrected chi connectivity index (χ0v) is 27.9. The highest BCUT2D eigenvalue weighted by molar-refractivity contribution is 7.99. The highest BCUT2D eigenvalue weighted by atomic mass is 35.5. The Morgan fingerprint density at radius 1 is 0.714 bits per heavy atom. The molecule has 0 saturated carbocycles.